The number of benzene rings is 1. The second-order valence-electron chi connectivity index (χ2n) is 12.9. The first-order valence-corrected chi connectivity index (χ1v) is 16.8. The first-order chi connectivity index (χ1) is 22.7. The van der Waals surface area contributed by atoms with Gasteiger partial charge < -0.3 is 36.3 Å². The van der Waals surface area contributed by atoms with Crippen molar-refractivity contribution < 1.29 is 38.6 Å². The molecule has 7 N–H and O–H groups in total. The van der Waals surface area contributed by atoms with Gasteiger partial charge in [0.25, 0.3) is 5.91 Å². The van der Waals surface area contributed by atoms with Crippen LogP contribution < -0.4 is 27.0 Å². The highest BCUT2D eigenvalue weighted by molar-refractivity contribution is 5.94. The van der Waals surface area contributed by atoms with Gasteiger partial charge in [0.2, 0.25) is 5.91 Å². The largest absolute Gasteiger partial charge is 0.480 e. The van der Waals surface area contributed by atoms with Gasteiger partial charge in [0, 0.05) is 43.9 Å². The normalized spacial score (nSPS) is 18.5. The quantitative estimate of drug-likeness (QED) is 0.0578. The summed E-state index contributed by atoms with van der Waals surface area (Å²) >= 11 is 0. The van der Waals surface area contributed by atoms with Gasteiger partial charge >= 0.3 is 5.97 Å². The van der Waals surface area contributed by atoms with E-state index >= 15 is 0 Å². The summed E-state index contributed by atoms with van der Waals surface area (Å²) in [6.45, 7) is 10.5. The van der Waals surface area contributed by atoms with Gasteiger partial charge in [-0.05, 0) is 84.2 Å². The molecule has 0 aromatic heterocycles. The van der Waals surface area contributed by atoms with Gasteiger partial charge in [-0.25, -0.2) is 0 Å². The lowest BCUT2D eigenvalue weighted by Gasteiger charge is -2.29. The Hall–Kier alpha value is -3.43. The van der Waals surface area contributed by atoms with Crippen molar-refractivity contribution >= 4 is 35.0 Å². The van der Waals surface area contributed by atoms with E-state index in [0.29, 0.717) is 51.1 Å². The summed E-state index contributed by atoms with van der Waals surface area (Å²) in [7, 11) is 1.56. The van der Waals surface area contributed by atoms with Crippen molar-refractivity contribution in [1.29, 1.82) is 0 Å². The highest BCUT2D eigenvalue weighted by Gasteiger charge is 2.52. The Morgan fingerprint density at radius 2 is 1.69 bits per heavy atom. The number of unbranched alkanes of at least 4 members (excludes halogenated alkanes) is 1. The van der Waals surface area contributed by atoms with Crippen molar-refractivity contribution in [3.63, 3.8) is 0 Å². The third-order valence-electron chi connectivity index (χ3n) is 8.62. The second kappa shape index (κ2) is 20.2. The molecule has 1 aliphatic heterocycles. The van der Waals surface area contributed by atoms with Crippen LogP contribution in [0.4, 0.5) is 5.69 Å². The molecule has 1 fully saturated rings. The topological polar surface area (TPSA) is 201 Å². The number of carboxylic acid groups (broad SMARTS) is 1. The molecule has 2 rings (SSSR count). The monoisotopic (exact) mass is 676 g/mol. The predicted molar refractivity (Wildman–Crippen MR) is 183 cm³/mol. The van der Waals surface area contributed by atoms with E-state index in [4.69, 9.17) is 20.3 Å². The number of nitrogens with zero attached hydrogens (tertiary/aromatic N) is 1. The molecule has 0 bridgehead atoms. The van der Waals surface area contributed by atoms with E-state index in [1.54, 1.807) is 33.0 Å². The Labute approximate surface area is 284 Å². The van der Waals surface area contributed by atoms with Crippen molar-refractivity contribution in [2.45, 2.75) is 89.4 Å². The van der Waals surface area contributed by atoms with Gasteiger partial charge in [-0.15, -0.1) is 0 Å². The van der Waals surface area contributed by atoms with Gasteiger partial charge in [-0.3, -0.25) is 34.2 Å². The Morgan fingerprint density at radius 3 is 2.31 bits per heavy atom. The van der Waals surface area contributed by atoms with E-state index in [9.17, 15) is 24.0 Å². The number of hydrogen-bond acceptors (Lipinski definition) is 11. The minimum atomic E-state index is -1.05. The number of likely N-dealkylation sites (N-methyl/N-ethyl adjacent to an activating group) is 1. The Balaban J connectivity index is 1.60. The number of anilines is 1. The molecule has 1 saturated heterocycles. The molecule has 1 aliphatic rings. The number of Topliss-reactive ketones (excluding diaryl/α,β-unsaturated/α-hetero) is 2. The maximum atomic E-state index is 12.8. The molecule has 1 heterocycles. The van der Waals surface area contributed by atoms with Gasteiger partial charge in [-0.2, -0.15) is 0 Å². The Kier molecular flexibility index (Phi) is 17.1. The van der Waals surface area contributed by atoms with Crippen LogP contribution in [0.15, 0.2) is 24.3 Å². The van der Waals surface area contributed by atoms with E-state index in [2.05, 4.69) is 28.2 Å². The summed E-state index contributed by atoms with van der Waals surface area (Å²) in [4.78, 5) is 63.1. The second-order valence-corrected chi connectivity index (χ2v) is 12.9. The van der Waals surface area contributed by atoms with Gasteiger partial charge in [0.15, 0.2) is 11.6 Å². The van der Waals surface area contributed by atoms with Crippen LogP contribution in [0, 0.1) is 0 Å². The maximum Gasteiger partial charge on any atom is 0.320 e. The molecule has 0 spiro atoms. The lowest BCUT2D eigenvalue weighted by atomic mass is 9.96. The van der Waals surface area contributed by atoms with Gasteiger partial charge in [-0.1, -0.05) is 6.92 Å². The third-order valence-corrected chi connectivity index (χ3v) is 8.62. The highest BCUT2D eigenvalue weighted by Crippen LogP contribution is 2.33. The zero-order valence-corrected chi connectivity index (χ0v) is 29.2. The van der Waals surface area contributed by atoms with Gasteiger partial charge in [0.05, 0.1) is 36.9 Å². The Morgan fingerprint density at radius 1 is 1.00 bits per heavy atom. The van der Waals surface area contributed by atoms with Crippen LogP contribution in [0.2, 0.25) is 0 Å². The molecule has 14 nitrogen and oxygen atoms in total. The molecule has 14 heteroatoms. The number of carbonyl (C=O) groups is 5. The first kappa shape index (κ1) is 40.7. The van der Waals surface area contributed by atoms with E-state index in [1.807, 2.05) is 24.0 Å². The SMILES string of the molecule is CCCNc1ccc(C(=O)NCCCCC(NC(C)(C)C(=O)COCCOCC[N@]2CC2(C)C(=O)CCC(NC)C(=O)O)C(N)=O)cc1. The zero-order valence-electron chi connectivity index (χ0n) is 29.2. The first-order valence-electron chi connectivity index (χ1n) is 16.8. The molecule has 2 amide bonds. The number of ether oxygens (including phenoxy) is 2. The third kappa shape index (κ3) is 13.6. The number of rotatable bonds is 27. The van der Waals surface area contributed by atoms with E-state index in [-0.39, 0.29) is 50.1 Å². The lowest BCUT2D eigenvalue weighted by Crippen LogP contribution is -2.56. The van der Waals surface area contributed by atoms with Crippen LogP contribution in [0.25, 0.3) is 0 Å². The molecule has 1 aromatic carbocycles. The fourth-order valence-corrected chi connectivity index (χ4v) is 5.19. The van der Waals surface area contributed by atoms with Crippen molar-refractivity contribution in [1.82, 2.24) is 20.9 Å². The zero-order chi connectivity index (χ0) is 35.7. The summed E-state index contributed by atoms with van der Waals surface area (Å²) in [6.07, 6.45) is 3.11. The molecule has 1 aromatic rings. The number of amides is 2. The number of carbonyl (C=O) groups excluding carboxylic acids is 4. The lowest BCUT2D eigenvalue weighted by molar-refractivity contribution is -0.139. The van der Waals surface area contributed by atoms with Crippen LogP contribution >= 0.6 is 0 Å². The van der Waals surface area contributed by atoms with E-state index in [1.165, 1.54) is 0 Å². The molecule has 0 aliphatic carbocycles. The summed E-state index contributed by atoms with van der Waals surface area (Å²) in [5.74, 6) is -1.92. The van der Waals surface area contributed by atoms with Gasteiger partial charge in [0.1, 0.15) is 12.6 Å². The smallest absolute Gasteiger partial charge is 0.320 e. The number of hydrogen-bond donors (Lipinski definition) is 6. The summed E-state index contributed by atoms with van der Waals surface area (Å²) in [6, 6.07) is 5.84. The average molecular weight is 677 g/mol. The molecule has 0 radical (unpaired) electrons. The number of nitrogens with one attached hydrogen (secondary N) is 4. The minimum Gasteiger partial charge on any atom is -0.480 e. The number of carboxylic acids is 1. The molecular weight excluding hydrogens is 620 g/mol. The number of nitrogens with two attached hydrogens (primary N) is 1. The Bertz CT molecular complexity index is 1210. The number of aliphatic carboxylic acids is 1. The molecular formula is C34H56N6O8. The minimum absolute atomic E-state index is 0.0159. The number of primary amides is 1. The molecule has 270 valence electrons. The standard InChI is InChI=1S/C34H56N6O8/c1-6-16-37-25-12-10-24(11-13-25)31(44)38-17-8-7-9-26(30(35)43)39-33(2,3)29(42)22-48-21-20-47-19-18-40-23-34(40,4)28(41)15-14-27(36-5)32(45)46/h10-13,26-27,36-37,39H,6-9,14-23H2,1-5H3,(H2,35,43)(H,38,44)(H,45,46)/t26?,27?,34?,40-/m1/s1. The summed E-state index contributed by atoms with van der Waals surface area (Å²) < 4.78 is 11.1. The fraction of sp³-hybridized carbons (Fsp3) is 0.676. The predicted octanol–water partition coefficient (Wildman–Crippen LogP) is 1.33. The van der Waals surface area contributed by atoms with E-state index < -0.39 is 35.0 Å². The van der Waals surface area contributed by atoms with Crippen molar-refractivity contribution in [3.8, 4) is 0 Å². The van der Waals surface area contributed by atoms with Crippen LogP contribution in [-0.2, 0) is 28.7 Å². The van der Waals surface area contributed by atoms with Crippen LogP contribution in [0.1, 0.15) is 76.6 Å². The van der Waals surface area contributed by atoms with Crippen molar-refractivity contribution in [3.05, 3.63) is 29.8 Å². The van der Waals surface area contributed by atoms with Crippen molar-refractivity contribution in [2.75, 3.05) is 65.0 Å². The maximum absolute atomic E-state index is 12.8. The molecule has 48 heavy (non-hydrogen) atoms. The molecule has 0 saturated carbocycles. The van der Waals surface area contributed by atoms with Crippen LogP contribution in [-0.4, -0.2) is 122 Å². The summed E-state index contributed by atoms with van der Waals surface area (Å²) in [5, 5.41) is 21.0. The highest BCUT2D eigenvalue weighted by atomic mass is 16.5. The number of ketones is 2. The summed E-state index contributed by atoms with van der Waals surface area (Å²) in [5.41, 5.74) is 5.52. The van der Waals surface area contributed by atoms with Crippen molar-refractivity contribution in [2.24, 2.45) is 5.73 Å². The van der Waals surface area contributed by atoms with Crippen LogP contribution in [0.3, 0.4) is 0 Å². The molecule has 3 unspecified atom stereocenters. The van der Waals surface area contributed by atoms with E-state index in [0.717, 1.165) is 18.7 Å². The fourth-order valence-electron chi connectivity index (χ4n) is 5.19. The molecule has 4 atom stereocenters. The van der Waals surface area contributed by atoms with Crippen LogP contribution in [0.5, 0.6) is 0 Å². The average Bonchev–Trinajstić information content (AvgIpc) is 3.72.